The summed E-state index contributed by atoms with van der Waals surface area (Å²) in [5.41, 5.74) is 12.1. The van der Waals surface area contributed by atoms with E-state index in [0.29, 0.717) is 17.2 Å². The normalized spacial score (nSPS) is 10.5. The van der Waals surface area contributed by atoms with Gasteiger partial charge in [-0.3, -0.25) is 0 Å². The number of nitrogens with zero attached hydrogens (tertiary/aromatic N) is 2. The molecule has 0 aliphatic carbocycles. The molecule has 0 spiro atoms. The van der Waals surface area contributed by atoms with Gasteiger partial charge in [-0.2, -0.15) is 5.10 Å². The van der Waals surface area contributed by atoms with E-state index >= 15 is 0 Å². The molecule has 4 N–H and O–H groups in total. The van der Waals surface area contributed by atoms with Crippen molar-refractivity contribution in [3.63, 3.8) is 0 Å². The van der Waals surface area contributed by atoms with Crippen LogP contribution in [0.3, 0.4) is 0 Å². The zero-order valence-electron chi connectivity index (χ0n) is 8.02. The van der Waals surface area contributed by atoms with Gasteiger partial charge in [-0.1, -0.05) is 12.1 Å². The molecule has 1 aromatic heterocycles. The molecule has 1 aromatic carbocycles. The number of nitrogens with two attached hydrogens (primary N) is 2. The third kappa shape index (κ3) is 1.69. The quantitative estimate of drug-likeness (QED) is 0.771. The van der Waals surface area contributed by atoms with Gasteiger partial charge in [-0.25, -0.2) is 9.07 Å². The van der Waals surface area contributed by atoms with E-state index < -0.39 is 0 Å². The lowest BCUT2D eigenvalue weighted by Gasteiger charge is -2.05. The van der Waals surface area contributed by atoms with Crippen LogP contribution in [0.4, 0.5) is 10.2 Å². The molecule has 0 saturated carbocycles. The van der Waals surface area contributed by atoms with Crippen LogP contribution in [0.25, 0.3) is 5.69 Å². The van der Waals surface area contributed by atoms with Gasteiger partial charge >= 0.3 is 0 Å². The Bertz CT molecular complexity index is 478. The van der Waals surface area contributed by atoms with Gasteiger partial charge in [-0.05, 0) is 12.1 Å². The summed E-state index contributed by atoms with van der Waals surface area (Å²) in [6.45, 7) is 0.262. The predicted molar refractivity (Wildman–Crippen MR) is 55.8 cm³/mol. The lowest BCUT2D eigenvalue weighted by molar-refractivity contribution is 0.607. The van der Waals surface area contributed by atoms with Crippen LogP contribution in [-0.2, 0) is 6.54 Å². The van der Waals surface area contributed by atoms with Crippen molar-refractivity contribution in [2.45, 2.75) is 6.54 Å². The average Bonchev–Trinajstić information content (AvgIpc) is 2.60. The highest BCUT2D eigenvalue weighted by atomic mass is 19.1. The summed E-state index contributed by atoms with van der Waals surface area (Å²) >= 11 is 0. The van der Waals surface area contributed by atoms with E-state index in [-0.39, 0.29) is 12.4 Å². The summed E-state index contributed by atoms with van der Waals surface area (Å²) in [5.74, 6) is -0.0194. The average molecular weight is 206 g/mol. The highest BCUT2D eigenvalue weighted by molar-refractivity contribution is 5.39. The molecule has 2 rings (SSSR count). The highest BCUT2D eigenvalue weighted by Gasteiger charge is 2.09. The van der Waals surface area contributed by atoms with Gasteiger partial charge < -0.3 is 11.5 Å². The highest BCUT2D eigenvalue weighted by Crippen LogP contribution is 2.16. The number of para-hydroxylation sites is 1. The number of nitrogen functional groups attached to an aromatic ring is 1. The summed E-state index contributed by atoms with van der Waals surface area (Å²) in [4.78, 5) is 0. The fraction of sp³-hybridized carbons (Fsp3) is 0.100. The summed E-state index contributed by atoms with van der Waals surface area (Å²) in [6.07, 6.45) is 0. The SMILES string of the molecule is NCc1cc(N)nn1-c1ccccc1F. The Kier molecular flexibility index (Phi) is 2.39. The third-order valence-corrected chi connectivity index (χ3v) is 2.09. The molecule has 0 saturated heterocycles. The van der Waals surface area contributed by atoms with Gasteiger partial charge in [-0.15, -0.1) is 0 Å². The Morgan fingerprint density at radius 1 is 1.33 bits per heavy atom. The van der Waals surface area contributed by atoms with Crippen molar-refractivity contribution in [2.24, 2.45) is 5.73 Å². The Morgan fingerprint density at radius 2 is 2.07 bits per heavy atom. The molecule has 0 amide bonds. The molecule has 0 bridgehead atoms. The molecular weight excluding hydrogens is 195 g/mol. The minimum atomic E-state index is -0.352. The molecule has 2 aromatic rings. The minimum Gasteiger partial charge on any atom is -0.382 e. The van der Waals surface area contributed by atoms with E-state index in [0.717, 1.165) is 0 Å². The molecular formula is C10H11FN4. The molecule has 1 heterocycles. The summed E-state index contributed by atoms with van der Waals surface area (Å²) < 4.78 is 14.9. The largest absolute Gasteiger partial charge is 0.382 e. The van der Waals surface area contributed by atoms with Crippen molar-refractivity contribution in [1.29, 1.82) is 0 Å². The fourth-order valence-electron chi connectivity index (χ4n) is 1.42. The molecule has 0 fully saturated rings. The maximum atomic E-state index is 13.5. The van der Waals surface area contributed by atoms with Crippen LogP contribution in [0, 0.1) is 5.82 Å². The lowest BCUT2D eigenvalue weighted by Crippen LogP contribution is -2.08. The second kappa shape index (κ2) is 3.70. The van der Waals surface area contributed by atoms with Gasteiger partial charge in [0.25, 0.3) is 0 Å². The maximum Gasteiger partial charge on any atom is 0.148 e. The summed E-state index contributed by atoms with van der Waals surface area (Å²) in [7, 11) is 0. The number of benzene rings is 1. The Hall–Kier alpha value is -1.88. The molecule has 0 atom stereocenters. The van der Waals surface area contributed by atoms with Crippen molar-refractivity contribution in [3.8, 4) is 5.69 Å². The zero-order valence-corrected chi connectivity index (χ0v) is 8.02. The molecule has 0 unspecified atom stereocenters. The van der Waals surface area contributed by atoms with Gasteiger partial charge in [0.1, 0.15) is 17.3 Å². The molecule has 0 aliphatic rings. The van der Waals surface area contributed by atoms with Crippen molar-refractivity contribution in [2.75, 3.05) is 5.73 Å². The molecule has 4 nitrogen and oxygen atoms in total. The van der Waals surface area contributed by atoms with Crippen LogP contribution >= 0.6 is 0 Å². The van der Waals surface area contributed by atoms with Gasteiger partial charge in [0.2, 0.25) is 0 Å². The Balaban J connectivity index is 2.58. The number of anilines is 1. The third-order valence-electron chi connectivity index (χ3n) is 2.09. The second-order valence-corrected chi connectivity index (χ2v) is 3.13. The molecule has 0 radical (unpaired) electrons. The number of aromatic nitrogens is 2. The van der Waals surface area contributed by atoms with Crippen LogP contribution in [0.15, 0.2) is 30.3 Å². The van der Waals surface area contributed by atoms with Crippen molar-refractivity contribution in [3.05, 3.63) is 41.8 Å². The van der Waals surface area contributed by atoms with E-state index in [1.807, 2.05) is 0 Å². The van der Waals surface area contributed by atoms with Gasteiger partial charge in [0, 0.05) is 12.6 Å². The molecule has 78 valence electrons. The topological polar surface area (TPSA) is 69.9 Å². The van der Waals surface area contributed by atoms with Crippen molar-refractivity contribution < 1.29 is 4.39 Å². The maximum absolute atomic E-state index is 13.5. The number of rotatable bonds is 2. The van der Waals surface area contributed by atoms with E-state index in [1.165, 1.54) is 10.7 Å². The van der Waals surface area contributed by atoms with Gasteiger partial charge in [0.05, 0.1) is 5.69 Å². The van der Waals surface area contributed by atoms with Crippen molar-refractivity contribution in [1.82, 2.24) is 9.78 Å². The fourth-order valence-corrected chi connectivity index (χ4v) is 1.42. The minimum absolute atomic E-state index is 0.262. The van der Waals surface area contributed by atoms with Crippen LogP contribution in [0.1, 0.15) is 5.69 Å². The Morgan fingerprint density at radius 3 is 2.73 bits per heavy atom. The first-order valence-corrected chi connectivity index (χ1v) is 4.51. The zero-order chi connectivity index (χ0) is 10.8. The lowest BCUT2D eigenvalue weighted by atomic mass is 10.3. The standard InChI is InChI=1S/C10H11FN4/c11-8-3-1-2-4-9(8)15-7(6-12)5-10(13)14-15/h1-5H,6,12H2,(H2,13,14). The smallest absolute Gasteiger partial charge is 0.148 e. The van der Waals surface area contributed by atoms with Crippen molar-refractivity contribution >= 4 is 5.82 Å². The van der Waals surface area contributed by atoms with Crippen LogP contribution in [-0.4, -0.2) is 9.78 Å². The van der Waals surface area contributed by atoms with Crippen LogP contribution < -0.4 is 11.5 Å². The van der Waals surface area contributed by atoms with Crippen LogP contribution in [0.5, 0.6) is 0 Å². The molecule has 0 aliphatic heterocycles. The molecule has 15 heavy (non-hydrogen) atoms. The number of halogens is 1. The second-order valence-electron chi connectivity index (χ2n) is 3.13. The first-order chi connectivity index (χ1) is 7.22. The number of hydrogen-bond donors (Lipinski definition) is 2. The van der Waals surface area contributed by atoms with E-state index in [9.17, 15) is 4.39 Å². The monoisotopic (exact) mass is 206 g/mol. The first-order valence-electron chi connectivity index (χ1n) is 4.51. The van der Waals surface area contributed by atoms with E-state index in [1.54, 1.807) is 24.3 Å². The summed E-state index contributed by atoms with van der Waals surface area (Å²) in [6, 6.07) is 7.98. The number of hydrogen-bond acceptors (Lipinski definition) is 3. The first kappa shape index (κ1) is 9.67. The Labute approximate surface area is 86.3 Å². The van der Waals surface area contributed by atoms with Gasteiger partial charge in [0.15, 0.2) is 0 Å². The van der Waals surface area contributed by atoms with E-state index in [2.05, 4.69) is 5.10 Å². The van der Waals surface area contributed by atoms with E-state index in [4.69, 9.17) is 11.5 Å². The molecule has 5 heteroatoms. The summed E-state index contributed by atoms with van der Waals surface area (Å²) in [5, 5.41) is 3.99. The van der Waals surface area contributed by atoms with Crippen LogP contribution in [0.2, 0.25) is 0 Å². The predicted octanol–water partition coefficient (Wildman–Crippen LogP) is 1.05.